The molecule has 92 valence electrons. The zero-order valence-electron chi connectivity index (χ0n) is 9.83. The number of hydrogen-bond donors (Lipinski definition) is 1. The predicted octanol–water partition coefficient (Wildman–Crippen LogP) is 2.59. The third kappa shape index (κ3) is 2.91. The number of rotatable bonds is 5. The van der Waals surface area contributed by atoms with E-state index in [1.807, 2.05) is 6.92 Å². The van der Waals surface area contributed by atoms with Crippen LogP contribution in [0.3, 0.4) is 0 Å². The van der Waals surface area contributed by atoms with Gasteiger partial charge in [-0.3, -0.25) is 4.79 Å². The molecule has 1 aromatic rings. The Balaban J connectivity index is 1.99. The molecule has 1 aliphatic carbocycles. The van der Waals surface area contributed by atoms with Crippen LogP contribution in [-0.4, -0.2) is 23.9 Å². The molecule has 1 fully saturated rings. The lowest BCUT2D eigenvalue weighted by Crippen LogP contribution is -2.38. The molecule has 1 saturated carbocycles. The highest BCUT2D eigenvalue weighted by molar-refractivity contribution is 6.19. The van der Waals surface area contributed by atoms with Crippen molar-refractivity contribution in [1.29, 1.82) is 0 Å². The third-order valence-electron chi connectivity index (χ3n) is 2.92. The van der Waals surface area contributed by atoms with Gasteiger partial charge < -0.3 is 10.1 Å². The fourth-order valence-corrected chi connectivity index (χ4v) is 1.96. The summed E-state index contributed by atoms with van der Waals surface area (Å²) < 4.78 is 5.32. The monoisotopic (exact) mass is 253 g/mol. The molecular formula is C13H16ClNO2. The molecule has 4 heteroatoms. The van der Waals surface area contributed by atoms with E-state index in [1.54, 1.807) is 24.3 Å². The van der Waals surface area contributed by atoms with E-state index in [1.165, 1.54) is 0 Å². The molecule has 0 radical (unpaired) electrons. The Kier molecular flexibility index (Phi) is 3.57. The smallest absolute Gasteiger partial charge is 0.251 e. The van der Waals surface area contributed by atoms with E-state index in [2.05, 4.69) is 5.32 Å². The summed E-state index contributed by atoms with van der Waals surface area (Å²) in [7, 11) is 0. The molecule has 0 aromatic heterocycles. The summed E-state index contributed by atoms with van der Waals surface area (Å²) in [6.07, 6.45) is 1.94. The first kappa shape index (κ1) is 12.2. The van der Waals surface area contributed by atoms with Crippen LogP contribution in [0.1, 0.15) is 30.1 Å². The minimum Gasteiger partial charge on any atom is -0.494 e. The van der Waals surface area contributed by atoms with Gasteiger partial charge in [0.2, 0.25) is 0 Å². The number of nitrogens with one attached hydrogen (secondary N) is 1. The van der Waals surface area contributed by atoms with Gasteiger partial charge in [0.1, 0.15) is 5.75 Å². The SMILES string of the molecule is CCOc1ccc(C(=O)NC2(CCl)CC2)cc1. The van der Waals surface area contributed by atoms with Crippen molar-refractivity contribution in [2.24, 2.45) is 0 Å². The second-order valence-electron chi connectivity index (χ2n) is 4.33. The molecule has 0 saturated heterocycles. The van der Waals surface area contributed by atoms with Crippen LogP contribution < -0.4 is 10.1 Å². The van der Waals surface area contributed by atoms with Crippen molar-refractivity contribution in [2.45, 2.75) is 25.3 Å². The van der Waals surface area contributed by atoms with E-state index in [0.717, 1.165) is 18.6 Å². The van der Waals surface area contributed by atoms with Gasteiger partial charge in [-0.05, 0) is 44.0 Å². The van der Waals surface area contributed by atoms with E-state index in [9.17, 15) is 4.79 Å². The van der Waals surface area contributed by atoms with Gasteiger partial charge in [-0.2, -0.15) is 0 Å². The lowest BCUT2D eigenvalue weighted by molar-refractivity contribution is 0.0936. The van der Waals surface area contributed by atoms with Crippen LogP contribution in [0.4, 0.5) is 0 Å². The van der Waals surface area contributed by atoms with Crippen LogP contribution in [0.25, 0.3) is 0 Å². The summed E-state index contributed by atoms with van der Waals surface area (Å²) in [5, 5.41) is 2.97. The molecule has 3 nitrogen and oxygen atoms in total. The number of hydrogen-bond acceptors (Lipinski definition) is 2. The molecule has 17 heavy (non-hydrogen) atoms. The average Bonchev–Trinajstić information content (AvgIpc) is 3.11. The van der Waals surface area contributed by atoms with Crippen LogP contribution in [0.2, 0.25) is 0 Å². The molecule has 0 unspecified atom stereocenters. The third-order valence-corrected chi connectivity index (χ3v) is 3.43. The quantitative estimate of drug-likeness (QED) is 0.820. The topological polar surface area (TPSA) is 38.3 Å². The van der Waals surface area contributed by atoms with Gasteiger partial charge in [-0.1, -0.05) is 0 Å². The summed E-state index contributed by atoms with van der Waals surface area (Å²) >= 11 is 5.82. The molecule has 0 aliphatic heterocycles. The van der Waals surface area contributed by atoms with Crippen molar-refractivity contribution >= 4 is 17.5 Å². The minimum absolute atomic E-state index is 0.0637. The fourth-order valence-electron chi connectivity index (χ4n) is 1.63. The summed E-state index contributed by atoms with van der Waals surface area (Å²) in [6, 6.07) is 7.15. The largest absolute Gasteiger partial charge is 0.494 e. The Bertz CT molecular complexity index is 398. The number of benzene rings is 1. The van der Waals surface area contributed by atoms with E-state index < -0.39 is 0 Å². The Morgan fingerprint density at radius 1 is 1.41 bits per heavy atom. The first-order valence-electron chi connectivity index (χ1n) is 5.80. The molecule has 1 N–H and O–H groups in total. The number of amides is 1. The lowest BCUT2D eigenvalue weighted by atomic mass is 10.2. The van der Waals surface area contributed by atoms with Crippen LogP contribution in [-0.2, 0) is 0 Å². The van der Waals surface area contributed by atoms with E-state index in [-0.39, 0.29) is 11.4 Å². The Morgan fingerprint density at radius 2 is 2.06 bits per heavy atom. The molecule has 0 spiro atoms. The van der Waals surface area contributed by atoms with Gasteiger partial charge in [0.15, 0.2) is 0 Å². The summed E-state index contributed by atoms with van der Waals surface area (Å²) in [5.74, 6) is 1.20. The Hall–Kier alpha value is -1.22. The van der Waals surface area contributed by atoms with Gasteiger partial charge in [-0.25, -0.2) is 0 Å². The maximum absolute atomic E-state index is 11.9. The molecule has 2 rings (SSSR count). The molecule has 0 atom stereocenters. The maximum Gasteiger partial charge on any atom is 0.251 e. The summed E-state index contributed by atoms with van der Waals surface area (Å²) in [5.41, 5.74) is 0.488. The molecule has 1 aromatic carbocycles. The van der Waals surface area contributed by atoms with Crippen molar-refractivity contribution < 1.29 is 9.53 Å². The van der Waals surface area contributed by atoms with Crippen LogP contribution in [0.15, 0.2) is 24.3 Å². The molecule has 0 bridgehead atoms. The number of halogens is 1. The highest BCUT2D eigenvalue weighted by Gasteiger charge is 2.43. The maximum atomic E-state index is 11.9. The van der Waals surface area contributed by atoms with Crippen LogP contribution >= 0.6 is 11.6 Å². The molecule has 1 amide bonds. The van der Waals surface area contributed by atoms with Crippen molar-refractivity contribution in [1.82, 2.24) is 5.32 Å². The fraction of sp³-hybridized carbons (Fsp3) is 0.462. The van der Waals surface area contributed by atoms with Crippen LogP contribution in [0, 0.1) is 0 Å². The summed E-state index contributed by atoms with van der Waals surface area (Å²) in [6.45, 7) is 2.55. The Morgan fingerprint density at radius 3 is 2.53 bits per heavy atom. The van der Waals surface area contributed by atoms with Crippen LogP contribution in [0.5, 0.6) is 5.75 Å². The molecular weight excluding hydrogens is 238 g/mol. The van der Waals surface area contributed by atoms with Gasteiger partial charge in [0.05, 0.1) is 12.1 Å². The lowest BCUT2D eigenvalue weighted by Gasteiger charge is -2.14. The van der Waals surface area contributed by atoms with Gasteiger partial charge >= 0.3 is 0 Å². The molecule has 1 aliphatic rings. The van der Waals surface area contributed by atoms with Crippen molar-refractivity contribution in [2.75, 3.05) is 12.5 Å². The van der Waals surface area contributed by atoms with Crippen molar-refractivity contribution in [3.8, 4) is 5.75 Å². The second-order valence-corrected chi connectivity index (χ2v) is 4.59. The van der Waals surface area contributed by atoms with Gasteiger partial charge in [-0.15, -0.1) is 11.6 Å². The first-order valence-corrected chi connectivity index (χ1v) is 6.34. The van der Waals surface area contributed by atoms with Crippen molar-refractivity contribution in [3.63, 3.8) is 0 Å². The number of alkyl halides is 1. The average molecular weight is 254 g/mol. The Labute approximate surface area is 106 Å². The normalized spacial score (nSPS) is 16.4. The second kappa shape index (κ2) is 4.96. The number of carbonyl (C=O) groups is 1. The minimum atomic E-state index is -0.156. The highest BCUT2D eigenvalue weighted by Crippen LogP contribution is 2.36. The standard InChI is InChI=1S/C13H16ClNO2/c1-2-17-11-5-3-10(4-6-11)12(16)15-13(9-14)7-8-13/h3-6H,2,7-9H2,1H3,(H,15,16). The highest BCUT2D eigenvalue weighted by atomic mass is 35.5. The zero-order chi connectivity index (χ0) is 12.3. The van der Waals surface area contributed by atoms with E-state index in [0.29, 0.717) is 18.1 Å². The zero-order valence-corrected chi connectivity index (χ0v) is 10.6. The first-order chi connectivity index (χ1) is 8.19. The van der Waals surface area contributed by atoms with Crippen molar-refractivity contribution in [3.05, 3.63) is 29.8 Å². The molecule has 0 heterocycles. The number of carbonyl (C=O) groups excluding carboxylic acids is 1. The van der Waals surface area contributed by atoms with E-state index >= 15 is 0 Å². The van der Waals surface area contributed by atoms with E-state index in [4.69, 9.17) is 16.3 Å². The number of ether oxygens (including phenoxy) is 1. The van der Waals surface area contributed by atoms with Gasteiger partial charge in [0.25, 0.3) is 5.91 Å². The predicted molar refractivity (Wildman–Crippen MR) is 67.8 cm³/mol. The summed E-state index contributed by atoms with van der Waals surface area (Å²) in [4.78, 5) is 11.9. The van der Waals surface area contributed by atoms with Gasteiger partial charge in [0, 0.05) is 11.4 Å².